The fourth-order valence-corrected chi connectivity index (χ4v) is 4.41. The number of thioether (sulfide) groups is 1. The normalized spacial score (nSPS) is 14.9. The molecule has 1 N–H and O–H groups in total. The molecule has 5 heteroatoms. The second kappa shape index (κ2) is 8.70. The average molecular weight is 316 g/mol. The molecular formula is C15H25NO2S2. The number of nitrogens with one attached hydrogen (secondary N) is 1. The Morgan fingerprint density at radius 3 is 2.45 bits per heavy atom. The molecule has 20 heavy (non-hydrogen) atoms. The number of hydrogen-bond acceptors (Lipinski definition) is 4. The van der Waals surface area contributed by atoms with E-state index in [4.69, 9.17) is 0 Å². The highest BCUT2D eigenvalue weighted by Crippen LogP contribution is 2.26. The largest absolute Gasteiger partial charge is 0.309 e. The van der Waals surface area contributed by atoms with Crippen LogP contribution in [0.25, 0.3) is 0 Å². The van der Waals surface area contributed by atoms with Crippen LogP contribution in [0, 0.1) is 0 Å². The summed E-state index contributed by atoms with van der Waals surface area (Å²) in [5.41, 5.74) is 1.26. The first-order valence-corrected chi connectivity index (χ1v) is 10.1. The van der Waals surface area contributed by atoms with E-state index in [2.05, 4.69) is 31.3 Å². The van der Waals surface area contributed by atoms with Gasteiger partial charge < -0.3 is 5.32 Å². The summed E-state index contributed by atoms with van der Waals surface area (Å²) < 4.78 is 22.4. The molecule has 1 rings (SSSR count). The van der Waals surface area contributed by atoms with E-state index in [9.17, 15) is 8.42 Å². The molecule has 1 aromatic carbocycles. The van der Waals surface area contributed by atoms with Gasteiger partial charge in [-0.2, -0.15) is 11.8 Å². The third-order valence-corrected chi connectivity index (χ3v) is 5.52. The van der Waals surface area contributed by atoms with Crippen LogP contribution >= 0.6 is 11.8 Å². The van der Waals surface area contributed by atoms with Crippen molar-refractivity contribution in [3.8, 4) is 0 Å². The smallest absolute Gasteiger partial charge is 0.148 e. The molecule has 2 unspecified atom stereocenters. The predicted molar refractivity (Wildman–Crippen MR) is 89.1 cm³/mol. The second-order valence-corrected chi connectivity index (χ2v) is 8.79. The van der Waals surface area contributed by atoms with Gasteiger partial charge in [-0.25, -0.2) is 8.42 Å². The minimum atomic E-state index is -2.87. The predicted octanol–water partition coefficient (Wildman–Crippen LogP) is 2.89. The van der Waals surface area contributed by atoms with Gasteiger partial charge in [0.2, 0.25) is 0 Å². The molecule has 0 amide bonds. The van der Waals surface area contributed by atoms with E-state index < -0.39 is 9.84 Å². The van der Waals surface area contributed by atoms with Gasteiger partial charge in [-0.1, -0.05) is 44.2 Å². The van der Waals surface area contributed by atoms with Crippen molar-refractivity contribution in [1.29, 1.82) is 0 Å². The lowest BCUT2D eigenvalue weighted by molar-refractivity contribution is 0.528. The SMILES string of the molecule is CCCNC(c1ccccc1)C(C)SCCS(C)(=O)=O. The van der Waals surface area contributed by atoms with Crippen LogP contribution in [0.15, 0.2) is 30.3 Å². The first-order chi connectivity index (χ1) is 9.44. The van der Waals surface area contributed by atoms with Gasteiger partial charge in [-0.15, -0.1) is 0 Å². The van der Waals surface area contributed by atoms with Crippen molar-refractivity contribution in [3.05, 3.63) is 35.9 Å². The lowest BCUT2D eigenvalue weighted by atomic mass is 10.0. The highest BCUT2D eigenvalue weighted by molar-refractivity contribution is 8.01. The molecular weight excluding hydrogens is 290 g/mol. The second-order valence-electron chi connectivity index (χ2n) is 5.05. The van der Waals surface area contributed by atoms with Crippen LogP contribution in [0.2, 0.25) is 0 Å². The Morgan fingerprint density at radius 2 is 1.90 bits per heavy atom. The van der Waals surface area contributed by atoms with Gasteiger partial charge in [-0.3, -0.25) is 0 Å². The maximum atomic E-state index is 11.2. The molecule has 2 atom stereocenters. The molecule has 0 heterocycles. The van der Waals surface area contributed by atoms with E-state index in [1.54, 1.807) is 11.8 Å². The Labute approximate surface area is 127 Å². The lowest BCUT2D eigenvalue weighted by Crippen LogP contribution is -2.29. The Morgan fingerprint density at radius 1 is 1.25 bits per heavy atom. The van der Waals surface area contributed by atoms with Gasteiger partial charge in [0.05, 0.1) is 5.75 Å². The van der Waals surface area contributed by atoms with Crippen molar-refractivity contribution in [3.63, 3.8) is 0 Å². The van der Waals surface area contributed by atoms with Gasteiger partial charge in [0, 0.05) is 23.3 Å². The zero-order valence-corrected chi connectivity index (χ0v) is 14.1. The summed E-state index contributed by atoms with van der Waals surface area (Å²) in [6, 6.07) is 10.6. The Kier molecular flexibility index (Phi) is 7.62. The highest BCUT2D eigenvalue weighted by atomic mass is 32.2. The van der Waals surface area contributed by atoms with Gasteiger partial charge in [0.1, 0.15) is 9.84 Å². The molecule has 0 bridgehead atoms. The molecule has 0 aliphatic heterocycles. The van der Waals surface area contributed by atoms with E-state index in [1.807, 2.05) is 18.2 Å². The van der Waals surface area contributed by atoms with E-state index in [0.717, 1.165) is 13.0 Å². The van der Waals surface area contributed by atoms with Crippen molar-refractivity contribution < 1.29 is 8.42 Å². The first kappa shape index (κ1) is 17.5. The van der Waals surface area contributed by atoms with Gasteiger partial charge >= 0.3 is 0 Å². The maximum Gasteiger partial charge on any atom is 0.148 e. The van der Waals surface area contributed by atoms with Crippen LogP contribution in [0.1, 0.15) is 31.9 Å². The average Bonchev–Trinajstić information content (AvgIpc) is 2.39. The maximum absolute atomic E-state index is 11.2. The van der Waals surface area contributed by atoms with Crippen LogP contribution < -0.4 is 5.32 Å². The minimum absolute atomic E-state index is 0.247. The van der Waals surface area contributed by atoms with Crippen molar-refractivity contribution in [2.24, 2.45) is 0 Å². The van der Waals surface area contributed by atoms with E-state index in [0.29, 0.717) is 11.0 Å². The first-order valence-electron chi connectivity index (χ1n) is 7.01. The Hall–Kier alpha value is -0.520. The van der Waals surface area contributed by atoms with Crippen LogP contribution in [0.5, 0.6) is 0 Å². The molecule has 0 aliphatic rings. The van der Waals surface area contributed by atoms with Crippen LogP contribution in [0.4, 0.5) is 0 Å². The molecule has 0 fully saturated rings. The standard InChI is InChI=1S/C15H25NO2S2/c1-4-10-16-15(14-8-6-5-7-9-14)13(2)19-11-12-20(3,17)18/h5-9,13,15-16H,4,10-12H2,1-3H3. The number of benzene rings is 1. The topological polar surface area (TPSA) is 46.2 Å². The number of sulfone groups is 1. The zero-order valence-electron chi connectivity index (χ0n) is 12.5. The zero-order chi connectivity index (χ0) is 15.0. The summed E-state index contributed by atoms with van der Waals surface area (Å²) in [5.74, 6) is 0.897. The van der Waals surface area contributed by atoms with E-state index >= 15 is 0 Å². The molecule has 0 aromatic heterocycles. The minimum Gasteiger partial charge on any atom is -0.309 e. The van der Waals surface area contributed by atoms with Gasteiger partial charge in [0.15, 0.2) is 0 Å². The summed E-state index contributed by atoms with van der Waals surface area (Å²) in [6.45, 7) is 5.28. The summed E-state index contributed by atoms with van der Waals surface area (Å²) in [5, 5.41) is 3.90. The van der Waals surface area contributed by atoms with Crippen molar-refractivity contribution >= 4 is 21.6 Å². The van der Waals surface area contributed by atoms with Crippen molar-refractivity contribution in [2.45, 2.75) is 31.6 Å². The van der Waals surface area contributed by atoms with Crippen molar-refractivity contribution in [2.75, 3.05) is 24.3 Å². The molecule has 114 valence electrons. The third kappa shape index (κ3) is 6.77. The van der Waals surface area contributed by atoms with Crippen LogP contribution in [-0.2, 0) is 9.84 Å². The molecule has 0 saturated carbocycles. The molecule has 3 nitrogen and oxygen atoms in total. The molecule has 0 aliphatic carbocycles. The molecule has 0 radical (unpaired) electrons. The van der Waals surface area contributed by atoms with E-state index in [-0.39, 0.29) is 11.8 Å². The summed E-state index contributed by atoms with van der Waals surface area (Å²) >= 11 is 1.71. The Bertz CT molecular complexity index is 474. The van der Waals surface area contributed by atoms with Gasteiger partial charge in [-0.05, 0) is 18.5 Å². The summed E-state index contributed by atoms with van der Waals surface area (Å²) in [6.07, 6.45) is 2.38. The lowest BCUT2D eigenvalue weighted by Gasteiger charge is -2.25. The quantitative estimate of drug-likeness (QED) is 0.761. The molecule has 0 spiro atoms. The highest BCUT2D eigenvalue weighted by Gasteiger charge is 2.19. The number of rotatable bonds is 9. The number of hydrogen-bond donors (Lipinski definition) is 1. The Balaban J connectivity index is 2.63. The van der Waals surface area contributed by atoms with E-state index in [1.165, 1.54) is 11.8 Å². The van der Waals surface area contributed by atoms with Crippen LogP contribution in [-0.4, -0.2) is 38.0 Å². The van der Waals surface area contributed by atoms with Gasteiger partial charge in [0.25, 0.3) is 0 Å². The van der Waals surface area contributed by atoms with Crippen LogP contribution in [0.3, 0.4) is 0 Å². The molecule has 1 aromatic rings. The third-order valence-electron chi connectivity index (χ3n) is 3.08. The fourth-order valence-electron chi connectivity index (χ4n) is 2.00. The monoisotopic (exact) mass is 315 g/mol. The molecule has 0 saturated heterocycles. The fraction of sp³-hybridized carbons (Fsp3) is 0.600. The summed E-state index contributed by atoms with van der Waals surface area (Å²) in [4.78, 5) is 0. The summed E-state index contributed by atoms with van der Waals surface area (Å²) in [7, 11) is -2.87. The van der Waals surface area contributed by atoms with Crippen molar-refractivity contribution in [1.82, 2.24) is 5.32 Å².